The molecule has 1 atom stereocenters. The highest BCUT2D eigenvalue weighted by atomic mass is 32.1. The van der Waals surface area contributed by atoms with Gasteiger partial charge in [-0.1, -0.05) is 0 Å². The van der Waals surface area contributed by atoms with E-state index in [1.807, 2.05) is 0 Å². The number of aliphatic hydroxyl groups is 1. The summed E-state index contributed by atoms with van der Waals surface area (Å²) in [6.07, 6.45) is 2.33. The fraction of sp³-hybridized carbons (Fsp3) is 1.00. The summed E-state index contributed by atoms with van der Waals surface area (Å²) in [5.74, 6) is 0.781. The molecule has 0 aromatic carbocycles. The van der Waals surface area contributed by atoms with Crippen LogP contribution in [-0.4, -0.2) is 54.7 Å². The van der Waals surface area contributed by atoms with Crippen LogP contribution in [0, 0.1) is 0 Å². The van der Waals surface area contributed by atoms with Crippen molar-refractivity contribution >= 4 is 12.6 Å². The zero-order valence-corrected chi connectivity index (χ0v) is 8.88. The summed E-state index contributed by atoms with van der Waals surface area (Å²) in [4.78, 5) is 2.30. The molecule has 1 rings (SSSR count). The third kappa shape index (κ3) is 3.85. The lowest BCUT2D eigenvalue weighted by Crippen LogP contribution is -2.34. The topological polar surface area (TPSA) is 32.7 Å². The van der Waals surface area contributed by atoms with E-state index in [1.54, 1.807) is 0 Å². The molecule has 1 fully saturated rings. The zero-order chi connectivity index (χ0) is 9.52. The van der Waals surface area contributed by atoms with Crippen molar-refractivity contribution in [1.82, 2.24) is 4.90 Å². The van der Waals surface area contributed by atoms with Crippen LogP contribution in [0.1, 0.15) is 12.8 Å². The molecule has 0 aromatic rings. The second-order valence-corrected chi connectivity index (χ2v) is 3.80. The second-order valence-electron chi connectivity index (χ2n) is 3.35. The van der Waals surface area contributed by atoms with Gasteiger partial charge in [0.25, 0.3) is 0 Å². The highest BCUT2D eigenvalue weighted by Gasteiger charge is 2.22. The van der Waals surface area contributed by atoms with E-state index in [0.29, 0.717) is 6.04 Å². The first-order chi connectivity index (χ1) is 6.38. The first kappa shape index (κ1) is 11.3. The van der Waals surface area contributed by atoms with Crippen molar-refractivity contribution in [3.8, 4) is 0 Å². The molecule has 1 aliphatic rings. The number of ether oxygens (including phenoxy) is 1. The van der Waals surface area contributed by atoms with Gasteiger partial charge < -0.3 is 9.84 Å². The molecule has 0 amide bonds. The van der Waals surface area contributed by atoms with Gasteiger partial charge in [0.2, 0.25) is 0 Å². The molecule has 0 spiro atoms. The molecule has 1 unspecified atom stereocenters. The highest BCUT2D eigenvalue weighted by Crippen LogP contribution is 2.15. The molecule has 13 heavy (non-hydrogen) atoms. The van der Waals surface area contributed by atoms with Crippen LogP contribution in [0.5, 0.6) is 0 Å². The third-order valence-corrected chi connectivity index (χ3v) is 2.65. The fourth-order valence-corrected chi connectivity index (χ4v) is 1.87. The van der Waals surface area contributed by atoms with E-state index in [2.05, 4.69) is 17.5 Å². The lowest BCUT2D eigenvalue weighted by atomic mass is 10.2. The zero-order valence-electron chi connectivity index (χ0n) is 7.98. The Morgan fingerprint density at radius 1 is 1.46 bits per heavy atom. The summed E-state index contributed by atoms with van der Waals surface area (Å²) < 4.78 is 5.34. The van der Waals surface area contributed by atoms with Crippen LogP contribution < -0.4 is 0 Å². The lowest BCUT2D eigenvalue weighted by molar-refractivity contribution is 0.0932. The number of hydrogen-bond donors (Lipinski definition) is 2. The average Bonchev–Trinajstić information content (AvgIpc) is 2.60. The number of nitrogens with zero attached hydrogens (tertiary/aromatic N) is 1. The minimum atomic E-state index is 0.284. The maximum absolute atomic E-state index is 9.04. The summed E-state index contributed by atoms with van der Waals surface area (Å²) in [6, 6.07) is 0.375. The molecule has 3 nitrogen and oxygen atoms in total. The molecule has 1 aliphatic heterocycles. The Balaban J connectivity index is 2.06. The lowest BCUT2D eigenvalue weighted by Gasteiger charge is -2.22. The van der Waals surface area contributed by atoms with Crippen LogP contribution in [-0.2, 0) is 4.74 Å². The molecular weight excluding hydrogens is 186 g/mol. The molecule has 78 valence electrons. The van der Waals surface area contributed by atoms with Gasteiger partial charge in [0.15, 0.2) is 0 Å². The van der Waals surface area contributed by atoms with Gasteiger partial charge in [-0.05, 0) is 19.4 Å². The molecular formula is C9H19NO2S. The van der Waals surface area contributed by atoms with Crippen LogP contribution >= 0.6 is 12.6 Å². The Morgan fingerprint density at radius 2 is 2.31 bits per heavy atom. The quantitative estimate of drug-likeness (QED) is 0.486. The molecule has 0 saturated carbocycles. The Kier molecular flexibility index (Phi) is 5.78. The largest absolute Gasteiger partial charge is 0.395 e. The van der Waals surface area contributed by atoms with E-state index < -0.39 is 0 Å². The second kappa shape index (κ2) is 6.65. The summed E-state index contributed by atoms with van der Waals surface area (Å²) in [5.41, 5.74) is 0. The van der Waals surface area contributed by atoms with Gasteiger partial charge in [-0.3, -0.25) is 4.90 Å². The van der Waals surface area contributed by atoms with Crippen LogP contribution in [0.4, 0.5) is 0 Å². The van der Waals surface area contributed by atoms with Crippen LogP contribution in [0.2, 0.25) is 0 Å². The van der Waals surface area contributed by atoms with E-state index in [1.165, 1.54) is 6.42 Å². The normalized spacial score (nSPS) is 24.0. The minimum absolute atomic E-state index is 0.284. The van der Waals surface area contributed by atoms with E-state index in [4.69, 9.17) is 9.84 Å². The number of thiol groups is 1. The Hall–Kier alpha value is 0.230. The monoisotopic (exact) mass is 205 g/mol. The predicted molar refractivity (Wildman–Crippen MR) is 56.4 cm³/mol. The van der Waals surface area contributed by atoms with Crippen LogP contribution in [0.3, 0.4) is 0 Å². The van der Waals surface area contributed by atoms with Gasteiger partial charge in [0, 0.05) is 18.3 Å². The van der Waals surface area contributed by atoms with Crippen LogP contribution in [0.25, 0.3) is 0 Å². The fourth-order valence-electron chi connectivity index (χ4n) is 1.74. The van der Waals surface area contributed by atoms with E-state index in [9.17, 15) is 0 Å². The van der Waals surface area contributed by atoms with Crippen molar-refractivity contribution in [1.29, 1.82) is 0 Å². The van der Waals surface area contributed by atoms with E-state index in [0.717, 1.165) is 38.5 Å². The Morgan fingerprint density at radius 3 is 3.00 bits per heavy atom. The first-order valence-electron chi connectivity index (χ1n) is 4.92. The standard InChI is InChI=1S/C9H19NO2S/c11-8-9-2-1-3-10(9)4-5-12-6-7-13/h9,11,13H,1-8H2. The summed E-state index contributed by atoms with van der Waals surface area (Å²) in [7, 11) is 0. The minimum Gasteiger partial charge on any atom is -0.395 e. The average molecular weight is 205 g/mol. The maximum Gasteiger partial charge on any atom is 0.0593 e. The summed E-state index contributed by atoms with van der Waals surface area (Å²) >= 11 is 4.06. The maximum atomic E-state index is 9.04. The Bertz CT molecular complexity index is 135. The van der Waals surface area contributed by atoms with Gasteiger partial charge in [0.05, 0.1) is 19.8 Å². The molecule has 4 heteroatoms. The molecule has 0 radical (unpaired) electrons. The summed E-state index contributed by atoms with van der Waals surface area (Å²) in [6.45, 7) is 3.82. The van der Waals surface area contributed by atoms with Crippen molar-refractivity contribution in [3.05, 3.63) is 0 Å². The smallest absolute Gasteiger partial charge is 0.0593 e. The van der Waals surface area contributed by atoms with E-state index in [-0.39, 0.29) is 6.61 Å². The summed E-state index contributed by atoms with van der Waals surface area (Å²) in [5, 5.41) is 9.04. The Labute approximate surface area is 85.5 Å². The van der Waals surface area contributed by atoms with Gasteiger partial charge in [-0.15, -0.1) is 0 Å². The molecule has 0 aliphatic carbocycles. The number of likely N-dealkylation sites (tertiary alicyclic amines) is 1. The predicted octanol–water partition coefficient (Wildman–Crippen LogP) is 0.389. The number of rotatable bonds is 6. The van der Waals surface area contributed by atoms with Crippen molar-refractivity contribution in [2.24, 2.45) is 0 Å². The molecule has 0 aromatic heterocycles. The van der Waals surface area contributed by atoms with Gasteiger partial charge in [-0.2, -0.15) is 12.6 Å². The number of aliphatic hydroxyl groups excluding tert-OH is 1. The highest BCUT2D eigenvalue weighted by molar-refractivity contribution is 7.80. The first-order valence-corrected chi connectivity index (χ1v) is 5.55. The van der Waals surface area contributed by atoms with Gasteiger partial charge >= 0.3 is 0 Å². The van der Waals surface area contributed by atoms with Crippen molar-refractivity contribution in [2.45, 2.75) is 18.9 Å². The van der Waals surface area contributed by atoms with Crippen molar-refractivity contribution in [2.75, 3.05) is 38.7 Å². The molecule has 1 saturated heterocycles. The van der Waals surface area contributed by atoms with Crippen LogP contribution in [0.15, 0.2) is 0 Å². The third-order valence-electron chi connectivity index (χ3n) is 2.47. The van der Waals surface area contributed by atoms with Gasteiger partial charge in [-0.25, -0.2) is 0 Å². The van der Waals surface area contributed by atoms with Crippen molar-refractivity contribution < 1.29 is 9.84 Å². The molecule has 0 bridgehead atoms. The van der Waals surface area contributed by atoms with E-state index >= 15 is 0 Å². The molecule has 1 N–H and O–H groups in total. The number of hydrogen-bond acceptors (Lipinski definition) is 4. The molecule has 1 heterocycles. The SMILES string of the molecule is OCC1CCCN1CCOCCS. The van der Waals surface area contributed by atoms with Crippen molar-refractivity contribution in [3.63, 3.8) is 0 Å². The van der Waals surface area contributed by atoms with Gasteiger partial charge in [0.1, 0.15) is 0 Å².